The van der Waals surface area contributed by atoms with Crippen LogP contribution in [-0.4, -0.2) is 29.5 Å². The van der Waals surface area contributed by atoms with Gasteiger partial charge in [0.2, 0.25) is 0 Å². The number of aromatic nitrogens is 2. The lowest BCUT2D eigenvalue weighted by Gasteiger charge is -2.22. The molecule has 1 aliphatic rings. The molecule has 1 atom stereocenters. The fraction of sp³-hybridized carbons (Fsp3) is 0.786. The van der Waals surface area contributed by atoms with Crippen molar-refractivity contribution in [3.05, 3.63) is 18.0 Å². The van der Waals surface area contributed by atoms with Gasteiger partial charge in [0.05, 0.1) is 11.8 Å². The zero-order chi connectivity index (χ0) is 12.6. The third-order valence-corrected chi connectivity index (χ3v) is 3.67. The normalized spacial score (nSPS) is 18.9. The molecule has 1 aromatic heterocycles. The molecule has 4 nitrogen and oxygen atoms in total. The van der Waals surface area contributed by atoms with Gasteiger partial charge < -0.3 is 10.1 Å². The third-order valence-electron chi connectivity index (χ3n) is 3.67. The highest BCUT2D eigenvalue weighted by Crippen LogP contribution is 2.20. The maximum atomic E-state index is 5.90. The van der Waals surface area contributed by atoms with Gasteiger partial charge in [0.15, 0.2) is 0 Å². The van der Waals surface area contributed by atoms with Crippen LogP contribution >= 0.6 is 0 Å². The Morgan fingerprint density at radius 1 is 1.44 bits per heavy atom. The van der Waals surface area contributed by atoms with Gasteiger partial charge in [-0.1, -0.05) is 19.3 Å². The van der Waals surface area contributed by atoms with Crippen molar-refractivity contribution >= 4 is 0 Å². The van der Waals surface area contributed by atoms with E-state index in [1.807, 2.05) is 6.07 Å². The average Bonchev–Trinajstić information content (AvgIpc) is 2.93. The van der Waals surface area contributed by atoms with Gasteiger partial charge in [-0.2, -0.15) is 5.10 Å². The molecule has 2 rings (SSSR count). The maximum absolute atomic E-state index is 5.90. The Labute approximate surface area is 110 Å². The summed E-state index contributed by atoms with van der Waals surface area (Å²) in [6.07, 6.45) is 10.0. The second-order valence-corrected chi connectivity index (χ2v) is 5.17. The number of hydrogen-bond acceptors (Lipinski definition) is 3. The summed E-state index contributed by atoms with van der Waals surface area (Å²) >= 11 is 0. The topological polar surface area (TPSA) is 49.9 Å². The molecule has 2 N–H and O–H groups in total. The predicted octanol–water partition coefficient (Wildman–Crippen LogP) is 2.80. The lowest BCUT2D eigenvalue weighted by atomic mass is 9.98. The molecule has 0 radical (unpaired) electrons. The summed E-state index contributed by atoms with van der Waals surface area (Å²) < 4.78 is 5.90. The second kappa shape index (κ2) is 7.54. The van der Waals surface area contributed by atoms with Gasteiger partial charge in [0, 0.05) is 18.8 Å². The molecule has 1 unspecified atom stereocenters. The first kappa shape index (κ1) is 13.6. The van der Waals surface area contributed by atoms with Crippen LogP contribution in [0.15, 0.2) is 12.3 Å². The summed E-state index contributed by atoms with van der Waals surface area (Å²) in [5, 5.41) is 10.4. The molecule has 1 heterocycles. The van der Waals surface area contributed by atoms with E-state index in [-0.39, 0.29) is 0 Å². The fourth-order valence-electron chi connectivity index (χ4n) is 2.49. The first-order valence-corrected chi connectivity index (χ1v) is 7.20. The first-order chi connectivity index (χ1) is 8.86. The third kappa shape index (κ3) is 4.42. The standard InChI is InChI=1S/C14H25N3O/c1-12(14-8-10-16-17-14)15-9-5-11-18-13-6-3-2-4-7-13/h8,10,12-13,15H,2-7,9,11H2,1H3,(H,16,17). The van der Waals surface area contributed by atoms with E-state index < -0.39 is 0 Å². The van der Waals surface area contributed by atoms with Crippen LogP contribution in [-0.2, 0) is 4.74 Å². The summed E-state index contributed by atoms with van der Waals surface area (Å²) in [6.45, 7) is 4.02. The Bertz CT molecular complexity index is 307. The highest BCUT2D eigenvalue weighted by molar-refractivity contribution is 5.02. The Morgan fingerprint density at radius 2 is 2.28 bits per heavy atom. The number of ether oxygens (including phenoxy) is 1. The van der Waals surface area contributed by atoms with E-state index in [4.69, 9.17) is 4.74 Å². The van der Waals surface area contributed by atoms with Crippen molar-refractivity contribution in [2.45, 2.75) is 57.6 Å². The number of H-pyrrole nitrogens is 1. The molecular formula is C14H25N3O. The molecule has 102 valence electrons. The van der Waals surface area contributed by atoms with Crippen LogP contribution in [0.3, 0.4) is 0 Å². The Balaban J connectivity index is 1.50. The maximum Gasteiger partial charge on any atom is 0.0575 e. The Hall–Kier alpha value is -0.870. The van der Waals surface area contributed by atoms with Crippen molar-refractivity contribution in [1.82, 2.24) is 15.5 Å². The van der Waals surface area contributed by atoms with E-state index in [1.54, 1.807) is 6.20 Å². The minimum atomic E-state index is 0.335. The lowest BCUT2D eigenvalue weighted by Crippen LogP contribution is -2.23. The summed E-state index contributed by atoms with van der Waals surface area (Å²) in [6, 6.07) is 2.35. The molecule has 0 spiro atoms. The molecule has 0 aromatic carbocycles. The van der Waals surface area contributed by atoms with Crippen LogP contribution in [0.2, 0.25) is 0 Å². The highest BCUT2D eigenvalue weighted by Gasteiger charge is 2.13. The molecule has 1 aliphatic carbocycles. The number of rotatable bonds is 7. The van der Waals surface area contributed by atoms with Gasteiger partial charge in [-0.15, -0.1) is 0 Å². The molecular weight excluding hydrogens is 226 g/mol. The van der Waals surface area contributed by atoms with Crippen molar-refractivity contribution in [3.8, 4) is 0 Å². The van der Waals surface area contributed by atoms with E-state index in [0.717, 1.165) is 25.3 Å². The largest absolute Gasteiger partial charge is 0.378 e. The number of hydrogen-bond donors (Lipinski definition) is 2. The zero-order valence-corrected chi connectivity index (χ0v) is 11.3. The van der Waals surface area contributed by atoms with Gasteiger partial charge in [-0.3, -0.25) is 5.10 Å². The first-order valence-electron chi connectivity index (χ1n) is 7.20. The lowest BCUT2D eigenvalue weighted by molar-refractivity contribution is 0.0271. The van der Waals surface area contributed by atoms with Crippen molar-refractivity contribution in [2.24, 2.45) is 0 Å². The van der Waals surface area contributed by atoms with Crippen LogP contribution in [0, 0.1) is 0 Å². The molecule has 18 heavy (non-hydrogen) atoms. The molecule has 0 amide bonds. The smallest absolute Gasteiger partial charge is 0.0575 e. The summed E-state index contributed by atoms with van der Waals surface area (Å²) in [5.41, 5.74) is 1.14. The zero-order valence-electron chi connectivity index (χ0n) is 11.3. The number of nitrogens with zero attached hydrogens (tertiary/aromatic N) is 1. The molecule has 0 bridgehead atoms. The van der Waals surface area contributed by atoms with E-state index in [0.29, 0.717) is 12.1 Å². The monoisotopic (exact) mass is 251 g/mol. The minimum absolute atomic E-state index is 0.335. The predicted molar refractivity (Wildman–Crippen MR) is 72.4 cm³/mol. The average molecular weight is 251 g/mol. The number of nitrogens with one attached hydrogen (secondary N) is 2. The second-order valence-electron chi connectivity index (χ2n) is 5.17. The van der Waals surface area contributed by atoms with E-state index >= 15 is 0 Å². The molecule has 0 saturated heterocycles. The van der Waals surface area contributed by atoms with E-state index in [9.17, 15) is 0 Å². The van der Waals surface area contributed by atoms with Crippen molar-refractivity contribution in [1.29, 1.82) is 0 Å². The number of aromatic amines is 1. The molecule has 4 heteroatoms. The minimum Gasteiger partial charge on any atom is -0.378 e. The molecule has 1 saturated carbocycles. The summed E-state index contributed by atoms with van der Waals surface area (Å²) in [5.74, 6) is 0. The highest BCUT2D eigenvalue weighted by atomic mass is 16.5. The van der Waals surface area contributed by atoms with Crippen LogP contribution in [0.5, 0.6) is 0 Å². The van der Waals surface area contributed by atoms with Gasteiger partial charge in [-0.05, 0) is 38.8 Å². The van der Waals surface area contributed by atoms with Gasteiger partial charge in [0.1, 0.15) is 0 Å². The molecule has 1 fully saturated rings. The summed E-state index contributed by atoms with van der Waals surface area (Å²) in [4.78, 5) is 0. The van der Waals surface area contributed by atoms with Crippen LogP contribution in [0.4, 0.5) is 0 Å². The summed E-state index contributed by atoms with van der Waals surface area (Å²) in [7, 11) is 0. The van der Waals surface area contributed by atoms with E-state index in [1.165, 1.54) is 32.1 Å². The quantitative estimate of drug-likeness (QED) is 0.733. The van der Waals surface area contributed by atoms with Gasteiger partial charge in [0.25, 0.3) is 0 Å². The Kier molecular flexibility index (Phi) is 5.68. The van der Waals surface area contributed by atoms with Crippen molar-refractivity contribution < 1.29 is 4.74 Å². The fourth-order valence-corrected chi connectivity index (χ4v) is 2.49. The van der Waals surface area contributed by atoms with Crippen LogP contribution < -0.4 is 5.32 Å². The molecule has 0 aliphatic heterocycles. The van der Waals surface area contributed by atoms with Crippen LogP contribution in [0.25, 0.3) is 0 Å². The van der Waals surface area contributed by atoms with Crippen molar-refractivity contribution in [2.75, 3.05) is 13.2 Å². The molecule has 1 aromatic rings. The van der Waals surface area contributed by atoms with Crippen molar-refractivity contribution in [3.63, 3.8) is 0 Å². The Morgan fingerprint density at radius 3 is 3.00 bits per heavy atom. The van der Waals surface area contributed by atoms with Crippen LogP contribution in [0.1, 0.15) is 57.2 Å². The van der Waals surface area contributed by atoms with Gasteiger partial charge in [-0.25, -0.2) is 0 Å². The SMILES string of the molecule is CC(NCCCOC1CCCCC1)c1ccn[nH]1. The van der Waals surface area contributed by atoms with E-state index in [2.05, 4.69) is 22.4 Å². The van der Waals surface area contributed by atoms with Gasteiger partial charge >= 0.3 is 0 Å².